The molecular weight excluding hydrogens is 470 g/mol. The van der Waals surface area contributed by atoms with Crippen LogP contribution in [0.5, 0.6) is 0 Å². The zero-order valence-corrected chi connectivity index (χ0v) is 23.9. The van der Waals surface area contributed by atoms with Gasteiger partial charge in [0.25, 0.3) is 11.9 Å². The Balaban J connectivity index is 1.58. The first-order valence-electron chi connectivity index (χ1n) is 14.1. The molecule has 0 unspecified atom stereocenters. The average Bonchev–Trinajstić information content (AvgIpc) is 3.44. The van der Waals surface area contributed by atoms with Gasteiger partial charge in [0.1, 0.15) is 0 Å². The van der Waals surface area contributed by atoms with Gasteiger partial charge in [0.15, 0.2) is 0 Å². The molecule has 2 aromatic carbocycles. The number of allylic oxidation sites excluding steroid dienone is 1. The van der Waals surface area contributed by atoms with E-state index in [4.69, 9.17) is 0 Å². The number of amides is 1. The molecule has 3 aromatic rings. The highest BCUT2D eigenvalue weighted by atomic mass is 16.1. The van der Waals surface area contributed by atoms with Crippen LogP contribution in [0.25, 0.3) is 11.6 Å². The molecule has 0 bridgehead atoms. The van der Waals surface area contributed by atoms with Crippen LogP contribution in [0.3, 0.4) is 0 Å². The molecule has 0 atom stereocenters. The second-order valence-electron chi connectivity index (χ2n) is 12.2. The van der Waals surface area contributed by atoms with E-state index >= 15 is 0 Å². The van der Waals surface area contributed by atoms with Crippen molar-refractivity contribution < 1.29 is 4.79 Å². The summed E-state index contributed by atoms with van der Waals surface area (Å²) in [5, 5.41) is 16.0. The molecule has 2 N–H and O–H groups in total. The summed E-state index contributed by atoms with van der Waals surface area (Å²) < 4.78 is 0. The smallest absolute Gasteiger partial charge is 0.270 e. The van der Waals surface area contributed by atoms with Gasteiger partial charge >= 0.3 is 0 Å². The number of aromatic amines is 1. The van der Waals surface area contributed by atoms with Gasteiger partial charge in [-0.25, -0.2) is 0 Å². The number of unbranched alkanes of at least 4 members (excludes halogenated alkanes) is 5. The minimum absolute atomic E-state index is 0.162. The van der Waals surface area contributed by atoms with Crippen molar-refractivity contribution in [2.24, 2.45) is 0 Å². The number of nitrogens with zero attached hydrogens (tertiary/aromatic N) is 3. The van der Waals surface area contributed by atoms with E-state index in [1.165, 1.54) is 72.8 Å². The molecule has 0 spiro atoms. The van der Waals surface area contributed by atoms with E-state index in [0.29, 0.717) is 5.56 Å². The topological polar surface area (TPSA) is 83.6 Å². The molecule has 4 rings (SSSR count). The van der Waals surface area contributed by atoms with Crippen LogP contribution >= 0.6 is 0 Å². The maximum absolute atomic E-state index is 12.5. The van der Waals surface area contributed by atoms with E-state index in [1.807, 2.05) is 24.3 Å². The fraction of sp³-hybridized carbons (Fsp3) is 0.500. The summed E-state index contributed by atoms with van der Waals surface area (Å²) in [6, 6.07) is 12.6. The minimum Gasteiger partial charge on any atom is -0.288 e. The van der Waals surface area contributed by atoms with Crippen LogP contribution in [-0.2, 0) is 17.3 Å². The molecule has 1 amide bonds. The summed E-state index contributed by atoms with van der Waals surface area (Å²) in [5.41, 5.74) is 9.10. The number of H-pyrrole nitrogens is 1. The standard InChI is InChI=1S/C32H43N5O/c1-7-8-9-10-11-12-13-25-19-27-28(32(5,6)21-31(27,3)4)20-26(25)22(2)18-23-14-16-24(17-15-23)29(38)33-30-34-36-37-35-30/h14-20H,7-13,21H2,1-6H3,(H2,33,34,35,36,37,38). The molecule has 38 heavy (non-hydrogen) atoms. The lowest BCUT2D eigenvalue weighted by Crippen LogP contribution is -2.18. The third-order valence-corrected chi connectivity index (χ3v) is 7.94. The van der Waals surface area contributed by atoms with Crippen LogP contribution < -0.4 is 5.32 Å². The van der Waals surface area contributed by atoms with Gasteiger partial charge in [-0.15, -0.1) is 5.10 Å². The van der Waals surface area contributed by atoms with Crippen molar-refractivity contribution in [2.75, 3.05) is 5.32 Å². The van der Waals surface area contributed by atoms with Crippen molar-refractivity contribution in [3.8, 4) is 0 Å². The lowest BCUT2D eigenvalue weighted by Gasteiger charge is -2.22. The van der Waals surface area contributed by atoms with Crippen molar-refractivity contribution in [2.45, 2.75) is 104 Å². The van der Waals surface area contributed by atoms with Crippen molar-refractivity contribution >= 4 is 23.5 Å². The zero-order chi connectivity index (χ0) is 27.3. The quantitative estimate of drug-likeness (QED) is 0.202. The Bertz CT molecular complexity index is 1270. The van der Waals surface area contributed by atoms with E-state index in [2.05, 4.69) is 85.7 Å². The molecule has 1 aliphatic rings. The number of benzene rings is 2. The molecule has 0 saturated carbocycles. The van der Waals surface area contributed by atoms with Crippen LogP contribution in [0.1, 0.15) is 125 Å². The van der Waals surface area contributed by atoms with Gasteiger partial charge in [0.2, 0.25) is 0 Å². The predicted molar refractivity (Wildman–Crippen MR) is 156 cm³/mol. The van der Waals surface area contributed by atoms with Crippen LogP contribution in [0.4, 0.5) is 5.95 Å². The van der Waals surface area contributed by atoms with Gasteiger partial charge in [-0.3, -0.25) is 10.1 Å². The molecule has 0 aliphatic heterocycles. The molecule has 6 heteroatoms. The molecule has 1 aromatic heterocycles. The SMILES string of the molecule is CCCCCCCCc1cc2c(cc1C(C)=Cc1ccc(C(=O)Nc3nn[nH]n3)cc1)C(C)(C)CC2(C)C. The Morgan fingerprint density at radius 3 is 2.29 bits per heavy atom. The van der Waals surface area contributed by atoms with Crippen LogP contribution in [-0.4, -0.2) is 26.5 Å². The highest BCUT2D eigenvalue weighted by Gasteiger charge is 2.42. The number of hydrogen-bond acceptors (Lipinski definition) is 4. The first kappa shape index (κ1) is 27.7. The third kappa shape index (κ3) is 6.40. The van der Waals surface area contributed by atoms with Crippen molar-refractivity contribution in [1.29, 1.82) is 0 Å². The van der Waals surface area contributed by atoms with Gasteiger partial charge in [-0.1, -0.05) is 102 Å². The number of tetrazole rings is 1. The first-order chi connectivity index (χ1) is 18.1. The largest absolute Gasteiger partial charge is 0.288 e. The second kappa shape index (κ2) is 11.6. The summed E-state index contributed by atoms with van der Waals surface area (Å²) in [6.07, 6.45) is 12.3. The number of rotatable bonds is 11. The van der Waals surface area contributed by atoms with Crippen LogP contribution in [0.2, 0.25) is 0 Å². The third-order valence-electron chi connectivity index (χ3n) is 7.94. The fourth-order valence-corrected chi connectivity index (χ4v) is 6.18. The van der Waals surface area contributed by atoms with Gasteiger partial charge in [0.05, 0.1) is 0 Å². The Hall–Kier alpha value is -3.28. The maximum Gasteiger partial charge on any atom is 0.270 e. The van der Waals surface area contributed by atoms with Crippen molar-refractivity contribution in [3.63, 3.8) is 0 Å². The Kier molecular flexibility index (Phi) is 8.49. The number of carbonyl (C=O) groups is 1. The lowest BCUT2D eigenvalue weighted by atomic mass is 9.82. The van der Waals surface area contributed by atoms with Crippen molar-refractivity contribution in [1.82, 2.24) is 20.6 Å². The highest BCUT2D eigenvalue weighted by Crippen LogP contribution is 2.50. The molecule has 6 nitrogen and oxygen atoms in total. The molecular formula is C32H43N5O. The Morgan fingerprint density at radius 1 is 0.974 bits per heavy atom. The summed E-state index contributed by atoms with van der Waals surface area (Å²) in [7, 11) is 0. The normalized spacial score (nSPS) is 15.9. The summed E-state index contributed by atoms with van der Waals surface area (Å²) in [4.78, 5) is 12.5. The Morgan fingerprint density at radius 2 is 1.63 bits per heavy atom. The summed E-state index contributed by atoms with van der Waals surface area (Å²) in [6.45, 7) is 14.1. The van der Waals surface area contributed by atoms with E-state index in [9.17, 15) is 4.79 Å². The first-order valence-corrected chi connectivity index (χ1v) is 14.1. The van der Waals surface area contributed by atoms with Crippen LogP contribution in [0.15, 0.2) is 36.4 Å². The van der Waals surface area contributed by atoms with E-state index in [1.54, 1.807) is 0 Å². The number of nitrogens with one attached hydrogen (secondary N) is 2. The summed E-state index contributed by atoms with van der Waals surface area (Å²) >= 11 is 0. The highest BCUT2D eigenvalue weighted by molar-refractivity contribution is 6.03. The van der Waals surface area contributed by atoms with Gasteiger partial charge in [0, 0.05) is 5.56 Å². The zero-order valence-electron chi connectivity index (χ0n) is 23.9. The second-order valence-corrected chi connectivity index (χ2v) is 12.2. The molecule has 1 heterocycles. The van der Waals surface area contributed by atoms with E-state index in [-0.39, 0.29) is 22.7 Å². The number of hydrogen-bond donors (Lipinski definition) is 2. The fourth-order valence-electron chi connectivity index (χ4n) is 6.18. The number of carbonyl (C=O) groups excluding carboxylic acids is 1. The monoisotopic (exact) mass is 513 g/mol. The number of anilines is 1. The van der Waals surface area contributed by atoms with Crippen molar-refractivity contribution in [3.05, 3.63) is 69.8 Å². The van der Waals surface area contributed by atoms with Crippen LogP contribution in [0, 0.1) is 0 Å². The number of fused-ring (bicyclic) bond motifs is 1. The lowest BCUT2D eigenvalue weighted by molar-refractivity contribution is 0.102. The molecule has 1 aliphatic carbocycles. The van der Waals surface area contributed by atoms with E-state index in [0.717, 1.165) is 12.0 Å². The summed E-state index contributed by atoms with van der Waals surface area (Å²) in [5.74, 6) is -0.0984. The number of aryl methyl sites for hydroxylation is 1. The van der Waals surface area contributed by atoms with Gasteiger partial charge < -0.3 is 0 Å². The molecule has 0 radical (unpaired) electrons. The Labute approximate surface area is 227 Å². The van der Waals surface area contributed by atoms with Gasteiger partial charge in [-0.05, 0) is 87.8 Å². The molecule has 0 saturated heterocycles. The minimum atomic E-state index is -0.261. The average molecular weight is 514 g/mol. The van der Waals surface area contributed by atoms with E-state index < -0.39 is 0 Å². The predicted octanol–water partition coefficient (Wildman–Crippen LogP) is 7.87. The molecule has 0 fully saturated rings. The number of aromatic nitrogens is 4. The maximum atomic E-state index is 12.5. The molecule has 202 valence electrons. The van der Waals surface area contributed by atoms with Gasteiger partial charge in [-0.2, -0.15) is 5.21 Å².